The molecule has 0 aliphatic heterocycles. The highest BCUT2D eigenvalue weighted by Crippen LogP contribution is 2.25. The topological polar surface area (TPSA) is 42.7 Å². The largest absolute Gasteiger partial charge is 0.312 e. The summed E-state index contributed by atoms with van der Waals surface area (Å²) in [5.41, 5.74) is 0. The molecule has 0 bridgehead atoms. The molecule has 0 aliphatic carbocycles. The fourth-order valence-corrected chi connectivity index (χ4v) is 2.87. The molecule has 0 fully saturated rings. The molecule has 5 heteroatoms. The molecule has 4 nitrogen and oxygen atoms in total. The summed E-state index contributed by atoms with van der Waals surface area (Å²) in [5, 5.41) is 7.45. The van der Waals surface area contributed by atoms with Crippen LogP contribution in [0.3, 0.4) is 0 Å². The van der Waals surface area contributed by atoms with Crippen LogP contribution in [0.25, 0.3) is 0 Å². The van der Waals surface area contributed by atoms with Gasteiger partial charge in [0.1, 0.15) is 12.2 Å². The Balaban J connectivity index is 2.14. The molecule has 1 N–H and O–H groups in total. The summed E-state index contributed by atoms with van der Waals surface area (Å²) in [6, 6.07) is 4.74. The van der Waals surface area contributed by atoms with Gasteiger partial charge in [0.25, 0.3) is 0 Å². The molecule has 0 spiro atoms. The Labute approximate surface area is 106 Å². The number of likely N-dealkylation sites (N-methyl/N-ethyl adjacent to an activating group) is 1. The number of aryl methyl sites for hydroxylation is 2. The van der Waals surface area contributed by atoms with Crippen molar-refractivity contribution in [2.24, 2.45) is 7.05 Å². The van der Waals surface area contributed by atoms with Gasteiger partial charge in [-0.1, -0.05) is 6.92 Å². The van der Waals surface area contributed by atoms with E-state index in [9.17, 15) is 0 Å². The number of hydrogen-bond donors (Lipinski definition) is 1. The van der Waals surface area contributed by atoms with Gasteiger partial charge in [0.05, 0.1) is 0 Å². The third-order valence-corrected chi connectivity index (χ3v) is 4.26. The number of hydrogen-bond acceptors (Lipinski definition) is 4. The van der Waals surface area contributed by atoms with E-state index in [-0.39, 0.29) is 0 Å². The van der Waals surface area contributed by atoms with Crippen molar-refractivity contribution in [3.8, 4) is 0 Å². The first kappa shape index (κ1) is 12.3. The highest BCUT2D eigenvalue weighted by molar-refractivity contribution is 7.12. The van der Waals surface area contributed by atoms with Crippen LogP contribution in [0.2, 0.25) is 0 Å². The summed E-state index contributed by atoms with van der Waals surface area (Å²) in [6.45, 7) is 2.19. The van der Waals surface area contributed by atoms with Gasteiger partial charge in [-0.05, 0) is 25.6 Å². The van der Waals surface area contributed by atoms with Gasteiger partial charge in [-0.25, -0.2) is 4.98 Å². The zero-order chi connectivity index (χ0) is 12.3. The van der Waals surface area contributed by atoms with E-state index in [4.69, 9.17) is 0 Å². The Hall–Kier alpha value is -1.20. The molecular weight excluding hydrogens is 232 g/mol. The van der Waals surface area contributed by atoms with Crippen LogP contribution in [0.15, 0.2) is 18.5 Å². The lowest BCUT2D eigenvalue weighted by Gasteiger charge is -2.13. The molecule has 2 aromatic rings. The maximum Gasteiger partial charge on any atom is 0.138 e. The number of aromatic nitrogens is 3. The molecule has 2 heterocycles. The second-order valence-electron chi connectivity index (χ2n) is 4.00. The average Bonchev–Trinajstić information content (AvgIpc) is 2.95. The fourth-order valence-electron chi connectivity index (χ4n) is 1.80. The summed E-state index contributed by atoms with van der Waals surface area (Å²) in [5.74, 6) is 1.01. The van der Waals surface area contributed by atoms with Crippen molar-refractivity contribution < 1.29 is 0 Å². The first-order valence-electron chi connectivity index (χ1n) is 5.83. The highest BCUT2D eigenvalue weighted by Gasteiger charge is 2.15. The minimum atomic E-state index is 0.322. The Morgan fingerprint density at radius 3 is 2.82 bits per heavy atom. The molecule has 1 atom stereocenters. The van der Waals surface area contributed by atoms with Crippen molar-refractivity contribution in [3.05, 3.63) is 34.0 Å². The van der Waals surface area contributed by atoms with Crippen LogP contribution in [0.4, 0.5) is 0 Å². The van der Waals surface area contributed by atoms with E-state index in [1.54, 1.807) is 6.33 Å². The molecule has 17 heavy (non-hydrogen) atoms. The van der Waals surface area contributed by atoms with Crippen molar-refractivity contribution in [2.75, 3.05) is 7.05 Å². The third kappa shape index (κ3) is 2.73. The minimum absolute atomic E-state index is 0.322. The zero-order valence-electron chi connectivity index (χ0n) is 10.5. The molecule has 0 saturated carbocycles. The smallest absolute Gasteiger partial charge is 0.138 e. The monoisotopic (exact) mass is 250 g/mol. The predicted molar refractivity (Wildman–Crippen MR) is 70.2 cm³/mol. The second-order valence-corrected chi connectivity index (χ2v) is 5.20. The lowest BCUT2D eigenvalue weighted by Crippen LogP contribution is -2.19. The minimum Gasteiger partial charge on any atom is -0.312 e. The van der Waals surface area contributed by atoms with E-state index < -0.39 is 0 Å². The number of nitrogens with zero attached hydrogens (tertiary/aromatic N) is 3. The first-order chi connectivity index (χ1) is 8.24. The lowest BCUT2D eigenvalue weighted by molar-refractivity contribution is 0.561. The van der Waals surface area contributed by atoms with Crippen LogP contribution in [-0.2, 0) is 19.9 Å². The summed E-state index contributed by atoms with van der Waals surface area (Å²) < 4.78 is 1.83. The van der Waals surface area contributed by atoms with Crippen LogP contribution in [-0.4, -0.2) is 21.8 Å². The molecule has 0 amide bonds. The standard InChI is InChI=1S/C12H18N4S/c1-4-9-5-6-11(17-9)10(13-2)7-12-14-8-15-16(12)3/h5-6,8,10,13H,4,7H2,1-3H3. The summed E-state index contributed by atoms with van der Waals surface area (Å²) in [7, 11) is 3.92. The predicted octanol–water partition coefficient (Wildman–Crippen LogP) is 1.94. The van der Waals surface area contributed by atoms with Gasteiger partial charge in [-0.2, -0.15) is 5.10 Å². The summed E-state index contributed by atoms with van der Waals surface area (Å²) in [4.78, 5) is 7.07. The third-order valence-electron chi connectivity index (χ3n) is 2.91. The molecule has 1 unspecified atom stereocenters. The molecule has 0 radical (unpaired) electrons. The second kappa shape index (κ2) is 5.42. The number of thiophene rings is 1. The van der Waals surface area contributed by atoms with E-state index in [2.05, 4.69) is 34.5 Å². The number of nitrogens with one attached hydrogen (secondary N) is 1. The molecular formula is C12H18N4S. The van der Waals surface area contributed by atoms with Crippen molar-refractivity contribution >= 4 is 11.3 Å². The summed E-state index contributed by atoms with van der Waals surface area (Å²) in [6.07, 6.45) is 3.58. The molecule has 0 saturated heterocycles. The van der Waals surface area contributed by atoms with Gasteiger partial charge in [0, 0.05) is 29.3 Å². The Morgan fingerprint density at radius 2 is 2.29 bits per heavy atom. The molecule has 2 rings (SSSR count). The van der Waals surface area contributed by atoms with Gasteiger partial charge in [0.15, 0.2) is 0 Å². The van der Waals surface area contributed by atoms with Crippen LogP contribution >= 0.6 is 11.3 Å². The van der Waals surface area contributed by atoms with Crippen LogP contribution in [0, 0.1) is 0 Å². The maximum absolute atomic E-state index is 4.27. The van der Waals surface area contributed by atoms with E-state index in [1.807, 2.05) is 30.1 Å². The van der Waals surface area contributed by atoms with Crippen LogP contribution in [0.5, 0.6) is 0 Å². The van der Waals surface area contributed by atoms with E-state index in [0.717, 1.165) is 18.7 Å². The molecule has 92 valence electrons. The zero-order valence-corrected chi connectivity index (χ0v) is 11.3. The SMILES string of the molecule is CCc1ccc(C(Cc2ncnn2C)NC)s1. The van der Waals surface area contributed by atoms with Crippen molar-refractivity contribution in [1.29, 1.82) is 0 Å². The molecule has 0 aromatic carbocycles. The van der Waals surface area contributed by atoms with E-state index in [1.165, 1.54) is 9.75 Å². The van der Waals surface area contributed by atoms with Crippen LogP contribution in [0.1, 0.15) is 28.5 Å². The van der Waals surface area contributed by atoms with Crippen LogP contribution < -0.4 is 5.32 Å². The molecule has 0 aliphatic rings. The van der Waals surface area contributed by atoms with Gasteiger partial charge >= 0.3 is 0 Å². The van der Waals surface area contributed by atoms with Gasteiger partial charge in [0.2, 0.25) is 0 Å². The normalized spacial score (nSPS) is 12.9. The van der Waals surface area contributed by atoms with Crippen molar-refractivity contribution in [3.63, 3.8) is 0 Å². The van der Waals surface area contributed by atoms with Gasteiger partial charge < -0.3 is 5.32 Å². The van der Waals surface area contributed by atoms with Gasteiger partial charge in [-0.15, -0.1) is 11.3 Å². The maximum atomic E-state index is 4.27. The van der Waals surface area contributed by atoms with Gasteiger partial charge in [-0.3, -0.25) is 4.68 Å². The van der Waals surface area contributed by atoms with Crippen molar-refractivity contribution in [2.45, 2.75) is 25.8 Å². The van der Waals surface area contributed by atoms with E-state index >= 15 is 0 Å². The lowest BCUT2D eigenvalue weighted by atomic mass is 10.1. The van der Waals surface area contributed by atoms with E-state index in [0.29, 0.717) is 6.04 Å². The Bertz CT molecular complexity index is 474. The Morgan fingerprint density at radius 1 is 1.47 bits per heavy atom. The Kier molecular flexibility index (Phi) is 3.91. The summed E-state index contributed by atoms with van der Waals surface area (Å²) >= 11 is 1.87. The quantitative estimate of drug-likeness (QED) is 0.882. The highest BCUT2D eigenvalue weighted by atomic mass is 32.1. The fraction of sp³-hybridized carbons (Fsp3) is 0.500. The molecule has 2 aromatic heterocycles. The number of rotatable bonds is 5. The first-order valence-corrected chi connectivity index (χ1v) is 6.65. The average molecular weight is 250 g/mol. The van der Waals surface area contributed by atoms with Crippen molar-refractivity contribution in [1.82, 2.24) is 20.1 Å².